The zero-order valence-electron chi connectivity index (χ0n) is 4.24. The lowest BCUT2D eigenvalue weighted by molar-refractivity contribution is -0.617. The van der Waals surface area contributed by atoms with E-state index < -0.39 is 0 Å². The maximum atomic E-state index is 10.3. The monoisotopic (exact) mass is 115 g/mol. The van der Waals surface area contributed by atoms with Crippen LogP contribution in [0.2, 0.25) is 0 Å². The number of nitrogens with one attached hydrogen (secondary N) is 1. The van der Waals surface area contributed by atoms with Crippen LogP contribution in [0, 0.1) is 4.91 Å². The second kappa shape index (κ2) is 1.79. The van der Waals surface area contributed by atoms with Gasteiger partial charge in [-0.3, -0.25) is 5.01 Å². The van der Waals surface area contributed by atoms with E-state index in [9.17, 15) is 4.91 Å². The van der Waals surface area contributed by atoms with Gasteiger partial charge in [0.1, 0.15) is 4.87 Å². The fourth-order valence-electron chi connectivity index (χ4n) is 0.448. The van der Waals surface area contributed by atoms with Gasteiger partial charge < -0.3 is 0 Å². The molecule has 0 aromatic carbocycles. The number of nitroso groups, excluding NO2 is 1. The Labute approximate surface area is 46.3 Å². The lowest BCUT2D eigenvalue weighted by Gasteiger charge is -2.08. The molecule has 1 aliphatic heterocycles. The molecule has 5 nitrogen and oxygen atoms in total. The third-order valence-electron chi connectivity index (χ3n) is 0.776. The summed E-state index contributed by atoms with van der Waals surface area (Å²) in [4.78, 5) is 10.9. The molecular weight excluding hydrogens is 108 g/mol. The largest absolute Gasteiger partial charge is 0.312 e. The van der Waals surface area contributed by atoms with Crippen LogP contribution in [0.15, 0.2) is 12.4 Å². The molecule has 1 rings (SSSR count). The van der Waals surface area contributed by atoms with Gasteiger partial charge in [0.15, 0.2) is 0 Å². The van der Waals surface area contributed by atoms with Gasteiger partial charge in [0.25, 0.3) is 0 Å². The molecule has 0 saturated carbocycles. The summed E-state index contributed by atoms with van der Waals surface area (Å²) >= 11 is 0. The maximum Gasteiger partial charge on any atom is 0.312 e. The molecule has 0 aliphatic carbocycles. The van der Waals surface area contributed by atoms with E-state index in [2.05, 4.69) is 5.43 Å². The Morgan fingerprint density at radius 1 is 1.88 bits per heavy atom. The predicted molar refractivity (Wildman–Crippen MR) is 26.8 cm³/mol. The van der Waals surface area contributed by atoms with Gasteiger partial charge in [-0.05, 0) is 0 Å². The van der Waals surface area contributed by atoms with Crippen LogP contribution in [0.5, 0.6) is 0 Å². The molecule has 0 saturated heterocycles. The summed E-state index contributed by atoms with van der Waals surface area (Å²) in [7, 11) is 0. The van der Waals surface area contributed by atoms with Crippen molar-refractivity contribution in [1.82, 2.24) is 10.4 Å². The summed E-state index contributed by atoms with van der Waals surface area (Å²) in [6.45, 7) is 0.163. The van der Waals surface area contributed by atoms with Gasteiger partial charge in [0, 0.05) is 6.20 Å². The normalized spacial score (nSPS) is 18.6. The lowest BCUT2D eigenvalue weighted by Crippen LogP contribution is -2.40. The summed E-state index contributed by atoms with van der Waals surface area (Å²) in [5.41, 5.74) is 2.39. The summed E-state index contributed by atoms with van der Waals surface area (Å²) in [6, 6.07) is 0. The molecule has 5 heteroatoms. The van der Waals surface area contributed by atoms with Crippen LogP contribution >= 0.6 is 0 Å². The lowest BCUT2D eigenvalue weighted by atomic mass is 10.8. The van der Waals surface area contributed by atoms with Gasteiger partial charge in [-0.25, -0.2) is 5.84 Å². The van der Waals surface area contributed by atoms with Crippen molar-refractivity contribution in [3.63, 3.8) is 0 Å². The van der Waals surface area contributed by atoms with Crippen molar-refractivity contribution in [1.29, 1.82) is 0 Å². The minimum Gasteiger partial charge on any atom is -0.252 e. The standard InChI is InChI=1S/C3H7N4O/c4-6-2-1-5-7(8)3-6/h1-2H,3-4H2,(H,5,8)/q+1. The van der Waals surface area contributed by atoms with Crippen molar-refractivity contribution in [3.05, 3.63) is 17.3 Å². The quantitative estimate of drug-likeness (QED) is 0.310. The van der Waals surface area contributed by atoms with E-state index in [0.29, 0.717) is 4.87 Å². The Bertz CT molecular complexity index is 131. The van der Waals surface area contributed by atoms with Crippen LogP contribution in [0.1, 0.15) is 0 Å². The second-order valence-corrected chi connectivity index (χ2v) is 1.48. The first-order valence-corrected chi connectivity index (χ1v) is 2.18. The molecule has 44 valence electrons. The molecule has 0 aromatic heterocycles. The van der Waals surface area contributed by atoms with Gasteiger partial charge in [0.05, 0.1) is 11.1 Å². The van der Waals surface area contributed by atoms with Crippen molar-refractivity contribution >= 4 is 0 Å². The molecule has 8 heavy (non-hydrogen) atoms. The van der Waals surface area contributed by atoms with Crippen LogP contribution in [0.4, 0.5) is 0 Å². The topological polar surface area (TPSA) is 61.4 Å². The highest BCUT2D eigenvalue weighted by Gasteiger charge is 2.11. The van der Waals surface area contributed by atoms with Gasteiger partial charge >= 0.3 is 6.67 Å². The molecule has 1 heterocycles. The number of hydrogen-bond acceptors (Lipinski definition) is 3. The van der Waals surface area contributed by atoms with E-state index in [4.69, 9.17) is 5.84 Å². The van der Waals surface area contributed by atoms with E-state index in [1.54, 1.807) is 6.20 Å². The van der Waals surface area contributed by atoms with Crippen molar-refractivity contribution in [2.45, 2.75) is 0 Å². The molecular formula is C3H7N4O+. The summed E-state index contributed by atoms with van der Waals surface area (Å²) < 4.78 is 0. The fraction of sp³-hybridized carbons (Fsp3) is 0.333. The number of hydrazine groups is 2. The van der Waals surface area contributed by atoms with Crippen LogP contribution in [0.3, 0.4) is 0 Å². The second-order valence-electron chi connectivity index (χ2n) is 1.48. The first-order chi connectivity index (χ1) is 3.79. The van der Waals surface area contributed by atoms with Crippen LogP contribution in [0.25, 0.3) is 0 Å². The summed E-state index contributed by atoms with van der Waals surface area (Å²) in [6.07, 6.45) is 3.05. The third-order valence-corrected chi connectivity index (χ3v) is 0.776. The fourth-order valence-corrected chi connectivity index (χ4v) is 0.448. The smallest absolute Gasteiger partial charge is 0.252 e. The molecule has 0 spiro atoms. The predicted octanol–water partition coefficient (Wildman–Crippen LogP) is -1.11. The van der Waals surface area contributed by atoms with Crippen molar-refractivity contribution in [2.24, 2.45) is 5.84 Å². The first-order valence-electron chi connectivity index (χ1n) is 2.18. The number of nitrogens with zero attached hydrogens (tertiary/aromatic N) is 2. The van der Waals surface area contributed by atoms with Crippen LogP contribution < -0.4 is 11.3 Å². The van der Waals surface area contributed by atoms with E-state index in [1.807, 2.05) is 0 Å². The molecule has 0 unspecified atom stereocenters. The first kappa shape index (κ1) is 5.04. The zero-order chi connectivity index (χ0) is 5.98. The minimum atomic E-state index is 0.163. The van der Waals surface area contributed by atoms with Crippen molar-refractivity contribution in [2.75, 3.05) is 6.67 Å². The summed E-state index contributed by atoms with van der Waals surface area (Å²) in [5, 5.41) is 1.28. The Kier molecular flexibility index (Phi) is 1.13. The van der Waals surface area contributed by atoms with Gasteiger partial charge in [-0.15, -0.1) is 5.43 Å². The molecule has 0 bridgehead atoms. The number of nitrogens with two attached hydrogens (primary N) is 1. The van der Waals surface area contributed by atoms with E-state index in [0.717, 1.165) is 0 Å². The minimum absolute atomic E-state index is 0.163. The van der Waals surface area contributed by atoms with Gasteiger partial charge in [-0.1, -0.05) is 0 Å². The van der Waals surface area contributed by atoms with Crippen molar-refractivity contribution in [3.8, 4) is 0 Å². The van der Waals surface area contributed by atoms with Crippen LogP contribution in [-0.2, 0) is 0 Å². The van der Waals surface area contributed by atoms with E-state index in [1.165, 1.54) is 11.2 Å². The molecule has 0 amide bonds. The van der Waals surface area contributed by atoms with E-state index in [-0.39, 0.29) is 6.67 Å². The Morgan fingerprint density at radius 3 is 3.00 bits per heavy atom. The molecule has 3 N–H and O–H groups in total. The highest BCUT2D eigenvalue weighted by Crippen LogP contribution is 1.83. The average Bonchev–Trinajstić information content (AvgIpc) is 1.64. The summed E-state index contributed by atoms with van der Waals surface area (Å²) in [5.74, 6) is 5.19. The van der Waals surface area contributed by atoms with Gasteiger partial charge in [-0.2, -0.15) is 0 Å². The molecule has 0 fully saturated rings. The van der Waals surface area contributed by atoms with Crippen LogP contribution in [-0.4, -0.2) is 16.5 Å². The third kappa shape index (κ3) is 0.941. The molecule has 0 atom stereocenters. The Hall–Kier alpha value is -1.10. The molecule has 1 aliphatic rings. The maximum absolute atomic E-state index is 10.3. The van der Waals surface area contributed by atoms with Gasteiger partial charge in [0.2, 0.25) is 0 Å². The van der Waals surface area contributed by atoms with Crippen molar-refractivity contribution < 1.29 is 4.87 Å². The highest BCUT2D eigenvalue weighted by atomic mass is 16.3. The molecule has 0 aromatic rings. The number of hydrogen-bond donors (Lipinski definition) is 2. The Morgan fingerprint density at radius 2 is 2.62 bits per heavy atom. The molecule has 0 radical (unpaired) electrons. The average molecular weight is 115 g/mol. The number of rotatable bonds is 0. The zero-order valence-corrected chi connectivity index (χ0v) is 4.24. The SMILES string of the molecule is NN1C=CN[N+](=O)C1. The highest BCUT2D eigenvalue weighted by molar-refractivity contribution is 4.74. The Balaban J connectivity index is 2.54. The van der Waals surface area contributed by atoms with E-state index >= 15 is 0 Å².